The van der Waals surface area contributed by atoms with E-state index in [0.717, 1.165) is 22.2 Å². The monoisotopic (exact) mass is 455 g/mol. The number of imidazole rings is 1. The van der Waals surface area contributed by atoms with Crippen molar-refractivity contribution in [1.82, 2.24) is 25.1 Å². The Kier molecular flexibility index (Phi) is 5.34. The van der Waals surface area contributed by atoms with Gasteiger partial charge in [-0.15, -0.1) is 0 Å². The molecular weight excluding hydrogens is 434 g/mol. The first-order chi connectivity index (χ1) is 16.4. The first-order valence-electron chi connectivity index (χ1n) is 10.9. The standard InChI is InChI=1S/C25H21N5O4/c1-29-14-27-19-11-15(3-6-20(19)29)4-8-22(31)26-12-16-2-5-18-17(10-16)13-30(25(18)34)21-7-9-23(32)28-24(21)33/h2-3,5-6,10-11,14,21H,7,9,12-13H2,1H3,(H,26,31)(H,28,32,33). The largest absolute Gasteiger partial charge is 0.341 e. The quantitative estimate of drug-likeness (QED) is 0.452. The van der Waals surface area contributed by atoms with E-state index in [1.54, 1.807) is 18.5 Å². The number of aryl methyl sites for hydroxylation is 1. The summed E-state index contributed by atoms with van der Waals surface area (Å²) in [5, 5.41) is 5.06. The van der Waals surface area contributed by atoms with E-state index in [-0.39, 0.29) is 31.3 Å². The molecular formula is C25H21N5O4. The smallest absolute Gasteiger partial charge is 0.296 e. The molecule has 1 saturated heterocycles. The predicted molar refractivity (Wildman–Crippen MR) is 122 cm³/mol. The lowest BCUT2D eigenvalue weighted by atomic mass is 10.0. The van der Waals surface area contributed by atoms with Crippen LogP contribution in [0.5, 0.6) is 0 Å². The highest BCUT2D eigenvalue weighted by Crippen LogP contribution is 2.28. The number of nitrogens with one attached hydrogen (secondary N) is 2. The van der Waals surface area contributed by atoms with Crippen molar-refractivity contribution in [2.45, 2.75) is 32.0 Å². The summed E-state index contributed by atoms with van der Waals surface area (Å²) in [6, 6.07) is 10.3. The van der Waals surface area contributed by atoms with Gasteiger partial charge in [-0.1, -0.05) is 18.1 Å². The average Bonchev–Trinajstić information content (AvgIpc) is 3.35. The van der Waals surface area contributed by atoms with E-state index in [2.05, 4.69) is 27.5 Å². The fourth-order valence-electron chi connectivity index (χ4n) is 4.31. The molecule has 1 aromatic heterocycles. The van der Waals surface area contributed by atoms with Gasteiger partial charge in [-0.2, -0.15) is 0 Å². The summed E-state index contributed by atoms with van der Waals surface area (Å²) < 4.78 is 1.91. The Morgan fingerprint density at radius 2 is 2.06 bits per heavy atom. The summed E-state index contributed by atoms with van der Waals surface area (Å²) in [5.74, 6) is 4.05. The number of hydrogen-bond donors (Lipinski definition) is 2. The second kappa shape index (κ2) is 8.48. The minimum atomic E-state index is -0.652. The summed E-state index contributed by atoms with van der Waals surface area (Å²) in [5.41, 5.74) is 4.64. The SMILES string of the molecule is Cn1cnc2cc(C#CC(=O)NCc3ccc4c(c3)CN(C3CCC(=O)NC3=O)C4=O)ccc21. The molecule has 5 rings (SSSR count). The number of rotatable bonds is 3. The van der Waals surface area contributed by atoms with Crippen molar-refractivity contribution in [3.8, 4) is 11.8 Å². The Morgan fingerprint density at radius 3 is 2.88 bits per heavy atom. The fourth-order valence-corrected chi connectivity index (χ4v) is 4.31. The molecule has 4 amide bonds. The van der Waals surface area contributed by atoms with E-state index < -0.39 is 17.9 Å². The molecule has 2 N–H and O–H groups in total. The van der Waals surface area contributed by atoms with Crippen LogP contribution < -0.4 is 10.6 Å². The number of hydrogen-bond acceptors (Lipinski definition) is 5. The van der Waals surface area contributed by atoms with Crippen LogP contribution in [-0.2, 0) is 34.5 Å². The Morgan fingerprint density at radius 1 is 1.21 bits per heavy atom. The van der Waals surface area contributed by atoms with Gasteiger partial charge in [-0.3, -0.25) is 24.5 Å². The zero-order chi connectivity index (χ0) is 23.8. The van der Waals surface area contributed by atoms with E-state index in [4.69, 9.17) is 0 Å². The molecule has 0 aliphatic carbocycles. The zero-order valence-electron chi connectivity index (χ0n) is 18.4. The zero-order valence-corrected chi connectivity index (χ0v) is 18.4. The second-order valence-electron chi connectivity index (χ2n) is 8.38. The van der Waals surface area contributed by atoms with E-state index >= 15 is 0 Å². The highest BCUT2D eigenvalue weighted by atomic mass is 16.2. The lowest BCUT2D eigenvalue weighted by Crippen LogP contribution is -2.52. The van der Waals surface area contributed by atoms with Crippen LogP contribution in [0.3, 0.4) is 0 Å². The molecule has 0 spiro atoms. The van der Waals surface area contributed by atoms with Gasteiger partial charge in [0.25, 0.3) is 11.8 Å². The lowest BCUT2D eigenvalue weighted by Gasteiger charge is -2.29. The van der Waals surface area contributed by atoms with Gasteiger partial charge in [0.2, 0.25) is 11.8 Å². The number of fused-ring (bicyclic) bond motifs is 2. The van der Waals surface area contributed by atoms with Crippen molar-refractivity contribution in [3.05, 3.63) is 65.0 Å². The second-order valence-corrected chi connectivity index (χ2v) is 8.38. The third-order valence-corrected chi connectivity index (χ3v) is 6.09. The van der Waals surface area contributed by atoms with E-state index in [1.165, 1.54) is 4.90 Å². The van der Waals surface area contributed by atoms with Crippen LogP contribution in [0.1, 0.15) is 39.9 Å². The van der Waals surface area contributed by atoms with Crippen LogP contribution in [0, 0.1) is 11.8 Å². The molecule has 1 fully saturated rings. The van der Waals surface area contributed by atoms with Gasteiger partial charge in [-0.25, -0.2) is 4.98 Å². The van der Waals surface area contributed by atoms with Crippen LogP contribution in [-0.4, -0.2) is 44.1 Å². The van der Waals surface area contributed by atoms with E-state index in [9.17, 15) is 19.2 Å². The molecule has 0 bridgehead atoms. The number of nitrogens with zero attached hydrogens (tertiary/aromatic N) is 3. The van der Waals surface area contributed by atoms with Gasteiger partial charge in [-0.05, 0) is 41.8 Å². The predicted octanol–water partition coefficient (Wildman–Crippen LogP) is 1.00. The van der Waals surface area contributed by atoms with Crippen molar-refractivity contribution < 1.29 is 19.2 Å². The van der Waals surface area contributed by atoms with Gasteiger partial charge in [0.15, 0.2) is 0 Å². The van der Waals surface area contributed by atoms with Gasteiger partial charge in [0.05, 0.1) is 17.4 Å². The number of piperidine rings is 1. The third kappa shape index (κ3) is 4.01. The lowest BCUT2D eigenvalue weighted by molar-refractivity contribution is -0.137. The van der Waals surface area contributed by atoms with Crippen molar-refractivity contribution in [1.29, 1.82) is 0 Å². The molecule has 0 saturated carbocycles. The minimum Gasteiger partial charge on any atom is -0.341 e. The molecule has 9 heteroatoms. The van der Waals surface area contributed by atoms with Crippen molar-refractivity contribution >= 4 is 34.7 Å². The van der Waals surface area contributed by atoms with E-state index in [1.807, 2.05) is 35.9 Å². The molecule has 1 atom stereocenters. The van der Waals surface area contributed by atoms with Crippen LogP contribution in [0.2, 0.25) is 0 Å². The van der Waals surface area contributed by atoms with Crippen LogP contribution in [0.15, 0.2) is 42.7 Å². The summed E-state index contributed by atoms with van der Waals surface area (Å²) in [7, 11) is 1.91. The van der Waals surface area contributed by atoms with E-state index in [0.29, 0.717) is 17.5 Å². The molecule has 2 aliphatic rings. The highest BCUT2D eigenvalue weighted by molar-refractivity contribution is 6.05. The number of imide groups is 1. The Labute approximate surface area is 195 Å². The number of aromatic nitrogens is 2. The number of carbonyl (C=O) groups is 4. The fraction of sp³-hybridized carbons (Fsp3) is 0.240. The van der Waals surface area contributed by atoms with Gasteiger partial charge >= 0.3 is 0 Å². The normalized spacial score (nSPS) is 17.3. The average molecular weight is 455 g/mol. The number of benzene rings is 2. The summed E-state index contributed by atoms with van der Waals surface area (Å²) >= 11 is 0. The summed E-state index contributed by atoms with van der Waals surface area (Å²) in [4.78, 5) is 54.4. The molecule has 170 valence electrons. The summed E-state index contributed by atoms with van der Waals surface area (Å²) in [6.45, 7) is 0.546. The molecule has 1 unspecified atom stereocenters. The molecule has 2 aliphatic heterocycles. The highest BCUT2D eigenvalue weighted by Gasteiger charge is 2.39. The molecule has 34 heavy (non-hydrogen) atoms. The van der Waals surface area contributed by atoms with Crippen molar-refractivity contribution in [2.75, 3.05) is 0 Å². The maximum atomic E-state index is 12.8. The topological polar surface area (TPSA) is 113 Å². The molecule has 2 aromatic carbocycles. The Balaban J connectivity index is 1.22. The maximum Gasteiger partial charge on any atom is 0.296 e. The maximum absolute atomic E-state index is 12.8. The van der Waals surface area contributed by atoms with Crippen molar-refractivity contribution in [3.63, 3.8) is 0 Å². The first-order valence-corrected chi connectivity index (χ1v) is 10.9. The number of carbonyl (C=O) groups excluding carboxylic acids is 4. The van der Waals surface area contributed by atoms with Gasteiger partial charge in [0, 0.05) is 43.6 Å². The Bertz CT molecular complexity index is 1430. The third-order valence-electron chi connectivity index (χ3n) is 6.09. The van der Waals surface area contributed by atoms with Gasteiger partial charge < -0.3 is 14.8 Å². The minimum absolute atomic E-state index is 0.213. The first kappa shape index (κ1) is 21.4. The van der Waals surface area contributed by atoms with Crippen LogP contribution in [0.4, 0.5) is 0 Å². The van der Waals surface area contributed by atoms with Crippen LogP contribution in [0.25, 0.3) is 11.0 Å². The molecule has 3 aromatic rings. The van der Waals surface area contributed by atoms with Crippen molar-refractivity contribution in [2.24, 2.45) is 7.05 Å². The number of amides is 4. The molecule has 3 heterocycles. The molecule has 9 nitrogen and oxygen atoms in total. The van der Waals surface area contributed by atoms with Crippen LogP contribution >= 0.6 is 0 Å². The summed E-state index contributed by atoms with van der Waals surface area (Å²) in [6.07, 6.45) is 2.26. The molecule has 0 radical (unpaired) electrons. The Hall–Kier alpha value is -4.45. The van der Waals surface area contributed by atoms with Gasteiger partial charge in [0.1, 0.15) is 6.04 Å².